The average Bonchev–Trinajstić information content (AvgIpc) is 3.71. The molecule has 0 unspecified atom stereocenters. The summed E-state index contributed by atoms with van der Waals surface area (Å²) in [5, 5.41) is 5.03. The van der Waals surface area contributed by atoms with Crippen LogP contribution in [0.4, 0.5) is 0 Å². The first-order valence-corrected chi connectivity index (χ1v) is 17.2. The monoisotopic (exact) mass is 636 g/mol. The first kappa shape index (κ1) is 28.4. The van der Waals surface area contributed by atoms with E-state index in [4.69, 9.17) is 0 Å². The minimum absolute atomic E-state index is 1.15. The lowest BCUT2D eigenvalue weighted by molar-refractivity contribution is 1.18. The van der Waals surface area contributed by atoms with Crippen molar-refractivity contribution in [1.82, 2.24) is 9.13 Å². The van der Waals surface area contributed by atoms with Crippen LogP contribution in [0.25, 0.3) is 88.4 Å². The van der Waals surface area contributed by atoms with Crippen molar-refractivity contribution in [2.45, 2.75) is 0 Å². The number of para-hydroxylation sites is 3. The van der Waals surface area contributed by atoms with Crippen LogP contribution in [0.1, 0.15) is 0 Å². The van der Waals surface area contributed by atoms with Crippen molar-refractivity contribution >= 4 is 43.6 Å². The number of hydrogen-bond donors (Lipinski definition) is 0. The lowest BCUT2D eigenvalue weighted by atomic mass is 9.94. The number of fused-ring (bicyclic) bond motifs is 6. The summed E-state index contributed by atoms with van der Waals surface area (Å²) in [6, 6.07) is 70.3. The third kappa shape index (κ3) is 4.43. The standard InChI is InChI=1S/C48H32N2/c1-3-15-33(16-4-1)38-21-7-8-22-39(38)34-17-13-20-37(31-34)50-45-27-12-10-24-42(45)48-40(25-14-28-47(48)50)35-29-30-46-43(32-35)41-23-9-11-26-44(41)49(46)36-18-5-2-6-19-36/h1-32H. The van der Waals surface area contributed by atoms with Gasteiger partial charge in [-0.25, -0.2) is 0 Å². The van der Waals surface area contributed by atoms with E-state index in [1.54, 1.807) is 0 Å². The second kappa shape index (κ2) is 11.5. The van der Waals surface area contributed by atoms with E-state index in [1.807, 2.05) is 0 Å². The highest BCUT2D eigenvalue weighted by Crippen LogP contribution is 2.42. The maximum Gasteiger partial charge on any atom is 0.0547 e. The van der Waals surface area contributed by atoms with E-state index < -0.39 is 0 Å². The van der Waals surface area contributed by atoms with E-state index in [-0.39, 0.29) is 0 Å². The van der Waals surface area contributed by atoms with Gasteiger partial charge in [0.1, 0.15) is 0 Å². The maximum absolute atomic E-state index is 2.43. The molecule has 0 aliphatic carbocycles. The Bertz CT molecular complexity index is 2860. The second-order valence-corrected chi connectivity index (χ2v) is 12.9. The number of rotatable bonds is 5. The van der Waals surface area contributed by atoms with Gasteiger partial charge in [0.15, 0.2) is 0 Å². The minimum atomic E-state index is 1.15. The molecule has 0 aliphatic rings. The fraction of sp³-hybridized carbons (Fsp3) is 0. The number of hydrogen-bond acceptors (Lipinski definition) is 0. The quantitative estimate of drug-likeness (QED) is 0.178. The Morgan fingerprint density at radius 2 is 0.760 bits per heavy atom. The molecule has 0 aliphatic heterocycles. The van der Waals surface area contributed by atoms with Crippen LogP contribution in [-0.2, 0) is 0 Å². The normalized spacial score (nSPS) is 11.6. The third-order valence-corrected chi connectivity index (χ3v) is 10.1. The molecular formula is C48H32N2. The fourth-order valence-corrected chi connectivity index (χ4v) is 7.95. The third-order valence-electron chi connectivity index (χ3n) is 10.1. The lowest BCUT2D eigenvalue weighted by Gasteiger charge is -2.13. The van der Waals surface area contributed by atoms with E-state index in [2.05, 4.69) is 203 Å². The van der Waals surface area contributed by atoms with Crippen molar-refractivity contribution in [3.05, 3.63) is 194 Å². The van der Waals surface area contributed by atoms with Crippen LogP contribution in [0.15, 0.2) is 194 Å². The summed E-state index contributed by atoms with van der Waals surface area (Å²) < 4.78 is 4.81. The van der Waals surface area contributed by atoms with Crippen molar-refractivity contribution < 1.29 is 0 Å². The summed E-state index contributed by atoms with van der Waals surface area (Å²) in [6.07, 6.45) is 0. The molecule has 0 bridgehead atoms. The van der Waals surface area contributed by atoms with Crippen molar-refractivity contribution in [1.29, 1.82) is 0 Å². The highest BCUT2D eigenvalue weighted by atomic mass is 15.0. The van der Waals surface area contributed by atoms with E-state index in [1.165, 1.54) is 82.7 Å². The summed E-state index contributed by atoms with van der Waals surface area (Å²) in [5.74, 6) is 0. The zero-order valence-corrected chi connectivity index (χ0v) is 27.4. The molecule has 8 aromatic carbocycles. The summed E-state index contributed by atoms with van der Waals surface area (Å²) in [4.78, 5) is 0. The maximum atomic E-state index is 2.43. The van der Waals surface area contributed by atoms with E-state index in [0.717, 1.165) is 5.69 Å². The van der Waals surface area contributed by atoms with Crippen molar-refractivity contribution in [2.75, 3.05) is 0 Å². The molecule has 2 nitrogen and oxygen atoms in total. The molecule has 0 fully saturated rings. The van der Waals surface area contributed by atoms with Crippen LogP contribution in [0.2, 0.25) is 0 Å². The molecule has 0 saturated heterocycles. The Morgan fingerprint density at radius 3 is 1.56 bits per heavy atom. The van der Waals surface area contributed by atoms with Gasteiger partial charge in [0.25, 0.3) is 0 Å². The lowest BCUT2D eigenvalue weighted by Crippen LogP contribution is -1.95. The van der Waals surface area contributed by atoms with Gasteiger partial charge in [0, 0.05) is 32.9 Å². The molecule has 0 radical (unpaired) electrons. The Kier molecular flexibility index (Phi) is 6.53. The van der Waals surface area contributed by atoms with Gasteiger partial charge in [-0.2, -0.15) is 0 Å². The Balaban J connectivity index is 1.18. The summed E-state index contributed by atoms with van der Waals surface area (Å²) >= 11 is 0. The zero-order valence-electron chi connectivity index (χ0n) is 27.4. The van der Waals surface area contributed by atoms with Crippen LogP contribution in [0.5, 0.6) is 0 Å². The van der Waals surface area contributed by atoms with Gasteiger partial charge < -0.3 is 9.13 Å². The number of benzene rings is 8. The van der Waals surface area contributed by atoms with Crippen molar-refractivity contribution in [3.63, 3.8) is 0 Å². The molecule has 0 spiro atoms. The highest BCUT2D eigenvalue weighted by molar-refractivity contribution is 6.17. The fourth-order valence-electron chi connectivity index (χ4n) is 7.95. The SMILES string of the molecule is c1ccc(-c2ccccc2-c2cccc(-n3c4ccccc4c4c(-c5ccc6c(c5)c5ccccc5n6-c5ccccc5)cccc43)c2)cc1. The predicted molar refractivity (Wildman–Crippen MR) is 211 cm³/mol. The van der Waals surface area contributed by atoms with Gasteiger partial charge in [-0.05, 0) is 88.0 Å². The van der Waals surface area contributed by atoms with Crippen LogP contribution < -0.4 is 0 Å². The second-order valence-electron chi connectivity index (χ2n) is 12.9. The summed E-state index contributed by atoms with van der Waals surface area (Å²) in [5.41, 5.74) is 14.5. The van der Waals surface area contributed by atoms with Gasteiger partial charge in [-0.15, -0.1) is 0 Å². The summed E-state index contributed by atoms with van der Waals surface area (Å²) in [6.45, 7) is 0. The average molecular weight is 637 g/mol. The molecule has 10 rings (SSSR count). The number of aromatic nitrogens is 2. The largest absolute Gasteiger partial charge is 0.309 e. The van der Waals surface area contributed by atoms with Crippen LogP contribution in [0, 0.1) is 0 Å². The molecule has 2 aromatic heterocycles. The van der Waals surface area contributed by atoms with Crippen LogP contribution in [-0.4, -0.2) is 9.13 Å². The summed E-state index contributed by atoms with van der Waals surface area (Å²) in [7, 11) is 0. The molecule has 234 valence electrons. The first-order valence-electron chi connectivity index (χ1n) is 17.2. The Labute approximate surface area is 290 Å². The Hall–Kier alpha value is -6.64. The van der Waals surface area contributed by atoms with Crippen molar-refractivity contribution in [3.8, 4) is 44.8 Å². The van der Waals surface area contributed by atoms with Crippen molar-refractivity contribution in [2.24, 2.45) is 0 Å². The highest BCUT2D eigenvalue weighted by Gasteiger charge is 2.19. The van der Waals surface area contributed by atoms with E-state index in [0.29, 0.717) is 0 Å². The van der Waals surface area contributed by atoms with Gasteiger partial charge in [0.2, 0.25) is 0 Å². The molecule has 50 heavy (non-hydrogen) atoms. The zero-order chi connectivity index (χ0) is 33.0. The first-order chi connectivity index (χ1) is 24.8. The molecule has 0 atom stereocenters. The Morgan fingerprint density at radius 1 is 0.260 bits per heavy atom. The smallest absolute Gasteiger partial charge is 0.0547 e. The molecule has 0 amide bonds. The van der Waals surface area contributed by atoms with Crippen LogP contribution in [0.3, 0.4) is 0 Å². The number of nitrogens with zero attached hydrogens (tertiary/aromatic N) is 2. The molecule has 2 heterocycles. The molecule has 0 N–H and O–H groups in total. The van der Waals surface area contributed by atoms with E-state index >= 15 is 0 Å². The molecule has 0 saturated carbocycles. The van der Waals surface area contributed by atoms with E-state index in [9.17, 15) is 0 Å². The molecule has 2 heteroatoms. The van der Waals surface area contributed by atoms with Gasteiger partial charge in [-0.3, -0.25) is 0 Å². The van der Waals surface area contributed by atoms with Gasteiger partial charge in [-0.1, -0.05) is 140 Å². The van der Waals surface area contributed by atoms with Crippen LogP contribution >= 0.6 is 0 Å². The van der Waals surface area contributed by atoms with Gasteiger partial charge in [0.05, 0.1) is 22.1 Å². The molecular weight excluding hydrogens is 605 g/mol. The van der Waals surface area contributed by atoms with Gasteiger partial charge >= 0.3 is 0 Å². The predicted octanol–water partition coefficient (Wildman–Crippen LogP) is 12.9. The molecule has 10 aromatic rings. The minimum Gasteiger partial charge on any atom is -0.309 e. The topological polar surface area (TPSA) is 9.86 Å².